The fourth-order valence-electron chi connectivity index (χ4n) is 3.42. The Hall–Kier alpha value is -2.44. The van der Waals surface area contributed by atoms with Gasteiger partial charge in [0, 0.05) is 21.7 Å². The topological polar surface area (TPSA) is 50.7 Å². The summed E-state index contributed by atoms with van der Waals surface area (Å²) in [7, 11) is 1.63. The molecule has 6 heteroatoms. The number of nitrogens with zero attached hydrogens (tertiary/aromatic N) is 1. The van der Waals surface area contributed by atoms with Gasteiger partial charge in [-0.25, -0.2) is 4.99 Å². The first-order valence-electron chi connectivity index (χ1n) is 9.31. The molecule has 4 rings (SSSR count). The van der Waals surface area contributed by atoms with E-state index in [-0.39, 0.29) is 5.91 Å². The second kappa shape index (κ2) is 8.29. The molecule has 2 aromatic heterocycles. The van der Waals surface area contributed by atoms with E-state index >= 15 is 0 Å². The van der Waals surface area contributed by atoms with Gasteiger partial charge in [0.2, 0.25) is 0 Å². The first-order chi connectivity index (χ1) is 13.6. The quantitative estimate of drug-likeness (QED) is 0.529. The predicted molar refractivity (Wildman–Crippen MR) is 118 cm³/mol. The maximum atomic E-state index is 13.2. The van der Waals surface area contributed by atoms with Crippen molar-refractivity contribution in [3.63, 3.8) is 0 Å². The van der Waals surface area contributed by atoms with Crippen LogP contribution in [0.4, 0.5) is 10.7 Å². The van der Waals surface area contributed by atoms with Gasteiger partial charge in [-0.2, -0.15) is 0 Å². The van der Waals surface area contributed by atoms with E-state index in [2.05, 4.69) is 12.2 Å². The third-order valence-corrected chi connectivity index (χ3v) is 6.89. The molecule has 0 radical (unpaired) electrons. The van der Waals surface area contributed by atoms with Crippen molar-refractivity contribution in [3.05, 3.63) is 62.7 Å². The van der Waals surface area contributed by atoms with Gasteiger partial charge >= 0.3 is 0 Å². The lowest BCUT2D eigenvalue weighted by Gasteiger charge is -2.18. The van der Waals surface area contributed by atoms with Crippen LogP contribution in [-0.4, -0.2) is 19.2 Å². The lowest BCUT2D eigenvalue weighted by atomic mass is 9.88. The number of amides is 1. The summed E-state index contributed by atoms with van der Waals surface area (Å²) < 4.78 is 5.19. The van der Waals surface area contributed by atoms with E-state index < -0.39 is 0 Å². The zero-order chi connectivity index (χ0) is 19.5. The summed E-state index contributed by atoms with van der Waals surface area (Å²) in [6, 6.07) is 11.4. The molecule has 0 spiro atoms. The molecule has 1 aromatic carbocycles. The fourth-order valence-corrected chi connectivity index (χ4v) is 5.35. The number of carbonyl (C=O) groups is 1. The van der Waals surface area contributed by atoms with E-state index in [1.54, 1.807) is 29.8 Å². The number of aliphatic imine (C=N–C) groups is 1. The highest BCUT2D eigenvalue weighted by Crippen LogP contribution is 2.41. The van der Waals surface area contributed by atoms with Crippen LogP contribution in [0.3, 0.4) is 0 Å². The molecule has 1 aliphatic rings. The maximum absolute atomic E-state index is 13.2. The minimum absolute atomic E-state index is 0.0875. The highest BCUT2D eigenvalue weighted by molar-refractivity contribution is 7.16. The van der Waals surface area contributed by atoms with Crippen molar-refractivity contribution in [2.24, 2.45) is 10.9 Å². The second-order valence-electron chi connectivity index (χ2n) is 6.99. The first-order valence-corrected chi connectivity index (χ1v) is 11.0. The van der Waals surface area contributed by atoms with Crippen LogP contribution in [0.1, 0.15) is 39.0 Å². The molecule has 0 bridgehead atoms. The number of fused-ring (bicyclic) bond motifs is 1. The molecule has 0 saturated carbocycles. The van der Waals surface area contributed by atoms with E-state index in [1.165, 1.54) is 10.4 Å². The lowest BCUT2D eigenvalue weighted by Crippen LogP contribution is -2.16. The Kier molecular flexibility index (Phi) is 5.59. The van der Waals surface area contributed by atoms with Gasteiger partial charge in [0.1, 0.15) is 10.8 Å². The van der Waals surface area contributed by atoms with Crippen LogP contribution in [0.15, 0.2) is 46.8 Å². The van der Waals surface area contributed by atoms with E-state index in [9.17, 15) is 4.79 Å². The third-order valence-electron chi connectivity index (χ3n) is 4.92. The Morgan fingerprint density at radius 1 is 1.29 bits per heavy atom. The van der Waals surface area contributed by atoms with E-state index in [0.29, 0.717) is 5.92 Å². The number of benzene rings is 1. The summed E-state index contributed by atoms with van der Waals surface area (Å²) in [6.07, 6.45) is 4.93. The van der Waals surface area contributed by atoms with Crippen LogP contribution in [-0.2, 0) is 12.8 Å². The summed E-state index contributed by atoms with van der Waals surface area (Å²) in [6.45, 7) is 2.27. The molecule has 4 nitrogen and oxygen atoms in total. The van der Waals surface area contributed by atoms with Crippen molar-refractivity contribution in [1.82, 2.24) is 0 Å². The minimum atomic E-state index is -0.0875. The van der Waals surface area contributed by atoms with Crippen LogP contribution in [0.25, 0.3) is 0 Å². The number of thiophene rings is 2. The molecule has 1 atom stereocenters. The van der Waals surface area contributed by atoms with Crippen LogP contribution < -0.4 is 10.1 Å². The fraction of sp³-hybridized carbons (Fsp3) is 0.273. The van der Waals surface area contributed by atoms with Gasteiger partial charge in [-0.3, -0.25) is 4.79 Å². The van der Waals surface area contributed by atoms with Crippen LogP contribution in [0, 0.1) is 5.92 Å². The van der Waals surface area contributed by atoms with Gasteiger partial charge in [0.05, 0.1) is 12.7 Å². The molecule has 28 heavy (non-hydrogen) atoms. The molecule has 1 unspecified atom stereocenters. The van der Waals surface area contributed by atoms with Gasteiger partial charge < -0.3 is 10.1 Å². The van der Waals surface area contributed by atoms with Crippen LogP contribution in [0.5, 0.6) is 5.75 Å². The van der Waals surface area contributed by atoms with Crippen LogP contribution >= 0.6 is 22.7 Å². The second-order valence-corrected chi connectivity index (χ2v) is 9.05. The summed E-state index contributed by atoms with van der Waals surface area (Å²) in [5.41, 5.74) is 2.66. The van der Waals surface area contributed by atoms with Crippen molar-refractivity contribution < 1.29 is 9.53 Å². The van der Waals surface area contributed by atoms with Crippen molar-refractivity contribution in [1.29, 1.82) is 0 Å². The van der Waals surface area contributed by atoms with E-state index in [0.717, 1.165) is 46.1 Å². The maximum Gasteiger partial charge on any atom is 0.259 e. The summed E-state index contributed by atoms with van der Waals surface area (Å²) in [4.78, 5) is 20.2. The number of hydrogen-bond acceptors (Lipinski definition) is 5. The van der Waals surface area contributed by atoms with Gasteiger partial charge in [0.25, 0.3) is 5.91 Å². The Labute approximate surface area is 172 Å². The average Bonchev–Trinajstić information content (AvgIpc) is 3.33. The van der Waals surface area contributed by atoms with E-state index in [1.807, 2.05) is 48.0 Å². The van der Waals surface area contributed by atoms with Crippen molar-refractivity contribution >= 4 is 45.5 Å². The highest BCUT2D eigenvalue weighted by atomic mass is 32.1. The van der Waals surface area contributed by atoms with Gasteiger partial charge in [-0.1, -0.05) is 13.0 Å². The normalized spacial score (nSPS) is 16.1. The monoisotopic (exact) mass is 410 g/mol. The Balaban J connectivity index is 1.65. The Bertz CT molecular complexity index is 988. The van der Waals surface area contributed by atoms with Crippen molar-refractivity contribution in [2.45, 2.75) is 26.2 Å². The number of methoxy groups -OCH3 is 1. The number of anilines is 1. The van der Waals surface area contributed by atoms with Gasteiger partial charge in [-0.15, -0.1) is 22.7 Å². The lowest BCUT2D eigenvalue weighted by molar-refractivity contribution is 0.102. The largest absolute Gasteiger partial charge is 0.497 e. The zero-order valence-electron chi connectivity index (χ0n) is 15.9. The molecule has 1 N–H and O–H groups in total. The first kappa shape index (κ1) is 18.9. The molecule has 144 valence electrons. The molecular weight excluding hydrogens is 388 g/mol. The van der Waals surface area contributed by atoms with Crippen LogP contribution in [0.2, 0.25) is 0 Å². The minimum Gasteiger partial charge on any atom is -0.497 e. The molecule has 0 aliphatic heterocycles. The summed E-state index contributed by atoms with van der Waals surface area (Å²) in [5.74, 6) is 1.33. The number of ether oxygens (including phenoxy) is 1. The smallest absolute Gasteiger partial charge is 0.259 e. The average molecular weight is 411 g/mol. The van der Waals surface area contributed by atoms with Crippen molar-refractivity contribution in [3.8, 4) is 5.75 Å². The summed E-state index contributed by atoms with van der Waals surface area (Å²) in [5, 5.41) is 5.86. The molecule has 1 amide bonds. The standard InChI is InChI=1S/C22H22N2O2S2/c1-14-5-10-18-19(12-14)28-22(23-13-17-4-3-11-27-17)20(18)21(25)24-15-6-8-16(26-2)9-7-15/h3-4,6-9,11,13-14H,5,10,12H2,1-2H3,(H,24,25)/b23-13+. The predicted octanol–water partition coefficient (Wildman–Crippen LogP) is 5.95. The van der Waals surface area contributed by atoms with Gasteiger partial charge in [-0.05, 0) is 66.5 Å². The highest BCUT2D eigenvalue weighted by Gasteiger charge is 2.27. The van der Waals surface area contributed by atoms with Gasteiger partial charge in [0.15, 0.2) is 0 Å². The third kappa shape index (κ3) is 4.03. The molecule has 3 aromatic rings. The van der Waals surface area contributed by atoms with E-state index in [4.69, 9.17) is 9.73 Å². The number of hydrogen-bond donors (Lipinski definition) is 1. The number of rotatable bonds is 5. The molecule has 0 fully saturated rings. The number of carbonyl (C=O) groups excluding carboxylic acids is 1. The molecule has 1 aliphatic carbocycles. The van der Waals surface area contributed by atoms with Crippen molar-refractivity contribution in [2.75, 3.05) is 12.4 Å². The Morgan fingerprint density at radius 2 is 2.11 bits per heavy atom. The molecule has 0 saturated heterocycles. The summed E-state index contributed by atoms with van der Waals surface area (Å²) >= 11 is 3.30. The zero-order valence-corrected chi connectivity index (χ0v) is 17.5. The Morgan fingerprint density at radius 3 is 2.82 bits per heavy atom. The molecular formula is C22H22N2O2S2. The number of nitrogens with one attached hydrogen (secondary N) is 1. The SMILES string of the molecule is COc1ccc(NC(=O)c2c(/N=C/c3cccs3)sc3c2CCC(C)C3)cc1. The molecule has 2 heterocycles.